The lowest BCUT2D eigenvalue weighted by Gasteiger charge is -2.06. The van der Waals surface area contributed by atoms with E-state index in [1.807, 2.05) is 13.8 Å². The van der Waals surface area contributed by atoms with Gasteiger partial charge >= 0.3 is 5.97 Å². The van der Waals surface area contributed by atoms with Crippen LogP contribution in [0.15, 0.2) is 41.0 Å². The molecular formula is C17H18BrNO4. The maximum Gasteiger partial charge on any atom is 0.337 e. The maximum absolute atomic E-state index is 12.2. The van der Waals surface area contributed by atoms with Crippen LogP contribution in [0.25, 0.3) is 0 Å². The molecule has 0 atom stereocenters. The van der Waals surface area contributed by atoms with Gasteiger partial charge < -0.3 is 9.84 Å². The number of carboxylic acid groups (broad SMARTS) is 1. The smallest absolute Gasteiger partial charge is 0.337 e. The fraction of sp³-hybridized carbons (Fsp3) is 0.235. The summed E-state index contributed by atoms with van der Waals surface area (Å²) in [5.74, 6) is -0.657. The summed E-state index contributed by atoms with van der Waals surface area (Å²) in [5.41, 5.74) is 0.745. The number of rotatable bonds is 5. The molecule has 0 aliphatic heterocycles. The number of ether oxygens (including phenoxy) is 1. The van der Waals surface area contributed by atoms with E-state index in [1.54, 1.807) is 31.4 Å². The molecule has 1 aromatic heterocycles. The van der Waals surface area contributed by atoms with Crippen LogP contribution in [0, 0.1) is 0 Å². The van der Waals surface area contributed by atoms with Gasteiger partial charge in [-0.15, -0.1) is 0 Å². The van der Waals surface area contributed by atoms with E-state index in [-0.39, 0.29) is 23.5 Å². The number of ketones is 1. The number of benzene rings is 1. The van der Waals surface area contributed by atoms with E-state index in [2.05, 4.69) is 20.9 Å². The van der Waals surface area contributed by atoms with Crippen molar-refractivity contribution in [3.05, 3.63) is 57.8 Å². The molecule has 0 radical (unpaired) electrons. The molecule has 5 nitrogen and oxygen atoms in total. The number of carboxylic acids is 1. The van der Waals surface area contributed by atoms with Gasteiger partial charge in [0, 0.05) is 16.2 Å². The van der Waals surface area contributed by atoms with Crippen molar-refractivity contribution in [3.63, 3.8) is 0 Å². The predicted octanol–water partition coefficient (Wildman–Crippen LogP) is 4.00. The minimum absolute atomic E-state index is 0.0197. The van der Waals surface area contributed by atoms with E-state index in [0.29, 0.717) is 15.8 Å². The van der Waals surface area contributed by atoms with Crippen LogP contribution in [0.3, 0.4) is 0 Å². The van der Waals surface area contributed by atoms with Crippen LogP contribution in [-0.2, 0) is 6.42 Å². The Kier molecular flexibility index (Phi) is 7.41. The van der Waals surface area contributed by atoms with Gasteiger partial charge in [-0.2, -0.15) is 0 Å². The molecule has 122 valence electrons. The largest absolute Gasteiger partial charge is 0.497 e. The second-order valence-corrected chi connectivity index (χ2v) is 5.20. The van der Waals surface area contributed by atoms with Crippen molar-refractivity contribution in [1.29, 1.82) is 0 Å². The number of Topliss-reactive ketones (excluding diaryl/α,β-unsaturated/α-hetero) is 1. The maximum atomic E-state index is 12.2. The molecule has 1 heterocycles. The van der Waals surface area contributed by atoms with E-state index < -0.39 is 5.97 Å². The molecule has 0 spiro atoms. The number of carbonyl (C=O) groups is 2. The van der Waals surface area contributed by atoms with Gasteiger partial charge in [-0.1, -0.05) is 13.8 Å². The summed E-state index contributed by atoms with van der Waals surface area (Å²) in [6.07, 6.45) is 1.41. The first-order chi connectivity index (χ1) is 11.0. The summed E-state index contributed by atoms with van der Waals surface area (Å²) in [7, 11) is 1.54. The number of halogens is 1. The normalized spacial score (nSPS) is 9.57. The van der Waals surface area contributed by atoms with Crippen LogP contribution in [0.1, 0.15) is 40.3 Å². The van der Waals surface area contributed by atoms with Crippen LogP contribution in [0.5, 0.6) is 5.75 Å². The number of carbonyl (C=O) groups excluding carboxylic acids is 1. The summed E-state index contributed by atoms with van der Waals surface area (Å²) in [6, 6.07) is 8.08. The Labute approximate surface area is 143 Å². The Balaban J connectivity index is 0.00000127. The molecule has 2 rings (SSSR count). The van der Waals surface area contributed by atoms with Crippen molar-refractivity contribution in [2.45, 2.75) is 20.3 Å². The van der Waals surface area contributed by atoms with Gasteiger partial charge in [-0.05, 0) is 46.3 Å². The van der Waals surface area contributed by atoms with Crippen LogP contribution >= 0.6 is 15.9 Å². The van der Waals surface area contributed by atoms with Gasteiger partial charge in [0.1, 0.15) is 5.75 Å². The predicted molar refractivity (Wildman–Crippen MR) is 91.3 cm³/mol. The first-order valence-corrected chi connectivity index (χ1v) is 7.85. The number of aromatic nitrogens is 1. The SMILES string of the molecule is CC.COc1ccc(C(=O)Cc2ncc(Br)cc2C(=O)O)cc1. The van der Waals surface area contributed by atoms with E-state index in [4.69, 9.17) is 9.84 Å². The number of nitrogens with zero attached hydrogens (tertiary/aromatic N) is 1. The number of pyridine rings is 1. The molecule has 0 saturated carbocycles. The molecule has 0 aliphatic rings. The van der Waals surface area contributed by atoms with E-state index in [9.17, 15) is 9.59 Å². The third kappa shape index (κ3) is 5.17. The summed E-state index contributed by atoms with van der Waals surface area (Å²) in [6.45, 7) is 4.00. The van der Waals surface area contributed by atoms with E-state index >= 15 is 0 Å². The summed E-state index contributed by atoms with van der Waals surface area (Å²) < 4.78 is 5.58. The zero-order chi connectivity index (χ0) is 17.4. The minimum Gasteiger partial charge on any atom is -0.497 e. The van der Waals surface area contributed by atoms with Gasteiger partial charge in [0.25, 0.3) is 0 Å². The molecule has 0 unspecified atom stereocenters. The molecular weight excluding hydrogens is 362 g/mol. The van der Waals surface area contributed by atoms with Crippen molar-refractivity contribution in [2.24, 2.45) is 0 Å². The molecule has 0 amide bonds. The lowest BCUT2D eigenvalue weighted by atomic mass is 10.0. The monoisotopic (exact) mass is 379 g/mol. The van der Waals surface area contributed by atoms with Gasteiger partial charge in [0.2, 0.25) is 0 Å². The van der Waals surface area contributed by atoms with Crippen LogP contribution in [0.4, 0.5) is 0 Å². The third-order valence-electron chi connectivity index (χ3n) is 2.91. The lowest BCUT2D eigenvalue weighted by Crippen LogP contribution is -2.11. The highest BCUT2D eigenvalue weighted by Gasteiger charge is 2.16. The summed E-state index contributed by atoms with van der Waals surface area (Å²) in [5, 5.41) is 9.15. The van der Waals surface area contributed by atoms with Crippen LogP contribution in [0.2, 0.25) is 0 Å². The van der Waals surface area contributed by atoms with Crippen molar-refractivity contribution in [2.75, 3.05) is 7.11 Å². The number of aromatic carboxylic acids is 1. The first kappa shape index (κ1) is 18.8. The van der Waals surface area contributed by atoms with Gasteiger partial charge in [-0.25, -0.2) is 4.79 Å². The molecule has 0 bridgehead atoms. The zero-order valence-electron chi connectivity index (χ0n) is 13.2. The fourth-order valence-electron chi connectivity index (χ4n) is 1.82. The lowest BCUT2D eigenvalue weighted by molar-refractivity contribution is 0.0695. The molecule has 0 saturated heterocycles. The van der Waals surface area contributed by atoms with Crippen molar-refractivity contribution < 1.29 is 19.4 Å². The van der Waals surface area contributed by atoms with Gasteiger partial charge in [-0.3, -0.25) is 9.78 Å². The van der Waals surface area contributed by atoms with Crippen molar-refractivity contribution >= 4 is 27.7 Å². The highest BCUT2D eigenvalue weighted by molar-refractivity contribution is 9.10. The average Bonchev–Trinajstić information content (AvgIpc) is 2.58. The van der Waals surface area contributed by atoms with Gasteiger partial charge in [0.05, 0.1) is 24.8 Å². The Morgan fingerprint density at radius 2 is 1.83 bits per heavy atom. The fourth-order valence-corrected chi connectivity index (χ4v) is 2.16. The highest BCUT2D eigenvalue weighted by atomic mass is 79.9. The van der Waals surface area contributed by atoms with E-state index in [0.717, 1.165) is 0 Å². The second kappa shape index (κ2) is 9.05. The number of hydrogen-bond acceptors (Lipinski definition) is 4. The number of methoxy groups -OCH3 is 1. The van der Waals surface area contributed by atoms with Crippen molar-refractivity contribution in [1.82, 2.24) is 4.98 Å². The molecule has 6 heteroatoms. The summed E-state index contributed by atoms with van der Waals surface area (Å²) >= 11 is 3.17. The minimum atomic E-state index is -1.11. The third-order valence-corrected chi connectivity index (χ3v) is 3.34. The average molecular weight is 380 g/mol. The summed E-state index contributed by atoms with van der Waals surface area (Å²) in [4.78, 5) is 27.4. The second-order valence-electron chi connectivity index (χ2n) is 4.28. The number of hydrogen-bond donors (Lipinski definition) is 1. The Bertz CT molecular complexity index is 683. The highest BCUT2D eigenvalue weighted by Crippen LogP contribution is 2.17. The quantitative estimate of drug-likeness (QED) is 0.794. The molecule has 23 heavy (non-hydrogen) atoms. The molecule has 1 N–H and O–H groups in total. The van der Waals surface area contributed by atoms with E-state index in [1.165, 1.54) is 12.3 Å². The molecule has 2 aromatic rings. The molecule has 1 aromatic carbocycles. The molecule has 0 fully saturated rings. The topological polar surface area (TPSA) is 76.5 Å². The standard InChI is InChI=1S/C15H12BrNO4.C2H6/c1-21-11-4-2-9(3-5-11)14(18)7-13-12(15(19)20)6-10(16)8-17-13;1-2/h2-6,8H,7H2,1H3,(H,19,20);1-2H3. The zero-order valence-corrected chi connectivity index (χ0v) is 14.8. The Morgan fingerprint density at radius 3 is 2.35 bits per heavy atom. The van der Waals surface area contributed by atoms with Crippen molar-refractivity contribution in [3.8, 4) is 5.75 Å². The van der Waals surface area contributed by atoms with Crippen LogP contribution in [-0.4, -0.2) is 29.0 Å². The van der Waals surface area contributed by atoms with Gasteiger partial charge in [0.15, 0.2) is 5.78 Å². The Morgan fingerprint density at radius 1 is 1.22 bits per heavy atom. The first-order valence-electron chi connectivity index (χ1n) is 7.06. The molecule has 0 aliphatic carbocycles. The Hall–Kier alpha value is -2.21. The van der Waals surface area contributed by atoms with Crippen LogP contribution < -0.4 is 4.74 Å².